The first kappa shape index (κ1) is 13.3. The topological polar surface area (TPSA) is 66.8 Å². The zero-order valence-corrected chi connectivity index (χ0v) is 9.95. The predicted octanol–water partition coefficient (Wildman–Crippen LogP) is 2.29. The Morgan fingerprint density at radius 2 is 2.06 bits per heavy atom. The zero-order valence-electron chi connectivity index (χ0n) is 9.95. The monoisotopic (exact) mass is 242 g/mol. The van der Waals surface area contributed by atoms with Gasteiger partial charge in [-0.1, -0.05) is 13.8 Å². The van der Waals surface area contributed by atoms with Gasteiger partial charge in [0.2, 0.25) is 0 Å². The molecule has 0 bridgehead atoms. The van der Waals surface area contributed by atoms with E-state index in [1.54, 1.807) is 13.8 Å². The molecule has 4 nitrogen and oxygen atoms in total. The summed E-state index contributed by atoms with van der Waals surface area (Å²) in [6.45, 7) is 3.11. The van der Waals surface area contributed by atoms with Gasteiger partial charge < -0.3 is 14.9 Å². The van der Waals surface area contributed by atoms with Gasteiger partial charge in [0.25, 0.3) is 0 Å². The third-order valence-corrected chi connectivity index (χ3v) is 2.58. The summed E-state index contributed by atoms with van der Waals surface area (Å²) < 4.78 is 18.6. The predicted molar refractivity (Wildman–Crippen MR) is 59.9 cm³/mol. The maximum Gasteiger partial charge on any atom is 0.304 e. The van der Waals surface area contributed by atoms with Gasteiger partial charge in [-0.3, -0.25) is 4.79 Å². The molecular formula is C12H15FO4. The lowest BCUT2D eigenvalue weighted by Crippen LogP contribution is -2.23. The molecule has 0 aliphatic heterocycles. The van der Waals surface area contributed by atoms with Crippen molar-refractivity contribution in [3.63, 3.8) is 0 Å². The van der Waals surface area contributed by atoms with Crippen LogP contribution < -0.4 is 4.74 Å². The number of carboxylic acid groups (broad SMARTS) is 1. The summed E-state index contributed by atoms with van der Waals surface area (Å²) in [5.41, 5.74) is -1.06. The van der Waals surface area contributed by atoms with Crippen LogP contribution in [0.4, 0.5) is 4.39 Å². The van der Waals surface area contributed by atoms with E-state index in [0.29, 0.717) is 0 Å². The van der Waals surface area contributed by atoms with E-state index in [2.05, 4.69) is 0 Å². The maximum atomic E-state index is 13.7. The van der Waals surface area contributed by atoms with E-state index >= 15 is 0 Å². The molecular weight excluding hydrogens is 227 g/mol. The van der Waals surface area contributed by atoms with Gasteiger partial charge >= 0.3 is 5.97 Å². The largest absolute Gasteiger partial charge is 0.504 e. The SMILES string of the molecule is COc1ccc(F)c(C(C)(C)CC(=O)O)c1O. The van der Waals surface area contributed by atoms with Crippen LogP contribution in [0.5, 0.6) is 11.5 Å². The summed E-state index contributed by atoms with van der Waals surface area (Å²) in [5.74, 6) is -1.93. The first-order valence-corrected chi connectivity index (χ1v) is 5.07. The average Bonchev–Trinajstić information content (AvgIpc) is 2.15. The van der Waals surface area contributed by atoms with Gasteiger partial charge in [-0.05, 0) is 12.1 Å². The van der Waals surface area contributed by atoms with Crippen molar-refractivity contribution in [3.05, 3.63) is 23.5 Å². The average molecular weight is 242 g/mol. The molecule has 0 aliphatic rings. The highest BCUT2D eigenvalue weighted by atomic mass is 19.1. The molecule has 2 N–H and O–H groups in total. The second-order valence-electron chi connectivity index (χ2n) is 4.43. The van der Waals surface area contributed by atoms with Gasteiger partial charge in [0, 0.05) is 11.0 Å². The van der Waals surface area contributed by atoms with E-state index in [-0.39, 0.29) is 23.5 Å². The molecule has 94 valence electrons. The minimum absolute atomic E-state index is 0.0424. The molecule has 1 aromatic rings. The van der Waals surface area contributed by atoms with Crippen LogP contribution in [0.25, 0.3) is 0 Å². The fourth-order valence-corrected chi connectivity index (χ4v) is 1.82. The van der Waals surface area contributed by atoms with Crippen molar-refractivity contribution in [2.24, 2.45) is 0 Å². The van der Waals surface area contributed by atoms with Crippen LogP contribution in [-0.4, -0.2) is 23.3 Å². The summed E-state index contributed by atoms with van der Waals surface area (Å²) in [6.07, 6.45) is -0.287. The standard InChI is InChI=1S/C12H15FO4/c1-12(2,6-9(14)15)10-7(13)4-5-8(17-3)11(10)16/h4-5,16H,6H2,1-3H3,(H,14,15). The second kappa shape index (κ2) is 4.61. The molecule has 0 heterocycles. The molecule has 5 heteroatoms. The number of phenols is 1. The Labute approximate surface area is 98.7 Å². The molecule has 0 aliphatic carbocycles. The van der Waals surface area contributed by atoms with E-state index < -0.39 is 17.2 Å². The summed E-state index contributed by atoms with van der Waals surface area (Å²) in [6, 6.07) is 2.45. The molecule has 0 saturated heterocycles. The highest BCUT2D eigenvalue weighted by Crippen LogP contribution is 2.41. The van der Waals surface area contributed by atoms with E-state index in [9.17, 15) is 14.3 Å². The molecule has 0 unspecified atom stereocenters. The number of rotatable bonds is 4. The fourth-order valence-electron chi connectivity index (χ4n) is 1.82. The molecule has 0 aromatic heterocycles. The Morgan fingerprint density at radius 3 is 2.53 bits per heavy atom. The maximum absolute atomic E-state index is 13.7. The number of halogens is 1. The highest BCUT2D eigenvalue weighted by Gasteiger charge is 2.31. The van der Waals surface area contributed by atoms with Crippen LogP contribution in [0.3, 0.4) is 0 Å². The Balaban J connectivity index is 3.33. The van der Waals surface area contributed by atoms with Gasteiger partial charge in [0.05, 0.1) is 13.5 Å². The van der Waals surface area contributed by atoms with Crippen molar-refractivity contribution in [3.8, 4) is 11.5 Å². The molecule has 0 fully saturated rings. The molecule has 0 spiro atoms. The van der Waals surface area contributed by atoms with Crippen LogP contribution in [0.2, 0.25) is 0 Å². The van der Waals surface area contributed by atoms with Gasteiger partial charge in [-0.25, -0.2) is 4.39 Å². The van der Waals surface area contributed by atoms with E-state index in [0.717, 1.165) is 6.07 Å². The van der Waals surface area contributed by atoms with E-state index in [1.807, 2.05) is 0 Å². The summed E-state index contributed by atoms with van der Waals surface area (Å²) in [4.78, 5) is 10.7. The van der Waals surface area contributed by atoms with Crippen molar-refractivity contribution in [1.29, 1.82) is 0 Å². The first-order chi connectivity index (χ1) is 7.79. The smallest absolute Gasteiger partial charge is 0.304 e. The normalized spacial score (nSPS) is 11.3. The number of benzene rings is 1. The number of hydrogen-bond donors (Lipinski definition) is 2. The van der Waals surface area contributed by atoms with Crippen molar-refractivity contribution in [2.75, 3.05) is 7.11 Å². The van der Waals surface area contributed by atoms with Crippen LogP contribution in [0.15, 0.2) is 12.1 Å². The summed E-state index contributed by atoms with van der Waals surface area (Å²) in [7, 11) is 1.35. The number of methoxy groups -OCH3 is 1. The Kier molecular flexibility index (Phi) is 3.60. The minimum atomic E-state index is -1.06. The molecule has 17 heavy (non-hydrogen) atoms. The number of carbonyl (C=O) groups is 1. The lowest BCUT2D eigenvalue weighted by Gasteiger charge is -2.25. The van der Waals surface area contributed by atoms with Crippen LogP contribution >= 0.6 is 0 Å². The third-order valence-electron chi connectivity index (χ3n) is 2.58. The number of hydrogen-bond acceptors (Lipinski definition) is 3. The molecule has 0 saturated carbocycles. The van der Waals surface area contributed by atoms with Crippen molar-refractivity contribution < 1.29 is 24.1 Å². The number of aliphatic carboxylic acids is 1. The van der Waals surface area contributed by atoms with Crippen LogP contribution in [0.1, 0.15) is 25.8 Å². The molecule has 0 amide bonds. The highest BCUT2D eigenvalue weighted by molar-refractivity contribution is 5.69. The Morgan fingerprint density at radius 1 is 1.47 bits per heavy atom. The zero-order chi connectivity index (χ0) is 13.2. The van der Waals surface area contributed by atoms with Crippen molar-refractivity contribution in [1.82, 2.24) is 0 Å². The molecule has 0 atom stereocenters. The van der Waals surface area contributed by atoms with Gasteiger partial charge in [0.1, 0.15) is 5.82 Å². The van der Waals surface area contributed by atoms with Gasteiger partial charge in [-0.15, -0.1) is 0 Å². The number of phenolic OH excluding ortho intramolecular Hbond substituents is 1. The van der Waals surface area contributed by atoms with Crippen molar-refractivity contribution in [2.45, 2.75) is 25.7 Å². The summed E-state index contributed by atoms with van der Waals surface area (Å²) in [5, 5.41) is 18.6. The first-order valence-electron chi connectivity index (χ1n) is 5.07. The molecule has 0 radical (unpaired) electrons. The number of aromatic hydroxyl groups is 1. The molecule has 1 rings (SSSR count). The lowest BCUT2D eigenvalue weighted by molar-refractivity contribution is -0.138. The molecule has 1 aromatic carbocycles. The number of ether oxygens (including phenoxy) is 1. The number of carboxylic acids is 1. The fraction of sp³-hybridized carbons (Fsp3) is 0.417. The van der Waals surface area contributed by atoms with Crippen LogP contribution in [0, 0.1) is 5.82 Å². The van der Waals surface area contributed by atoms with Gasteiger partial charge in [0.15, 0.2) is 11.5 Å². The quantitative estimate of drug-likeness (QED) is 0.850. The Bertz CT molecular complexity index is 440. The summed E-state index contributed by atoms with van der Waals surface area (Å²) >= 11 is 0. The lowest BCUT2D eigenvalue weighted by atomic mass is 9.80. The van der Waals surface area contributed by atoms with E-state index in [1.165, 1.54) is 13.2 Å². The third kappa shape index (κ3) is 2.67. The second-order valence-corrected chi connectivity index (χ2v) is 4.43. The van der Waals surface area contributed by atoms with Gasteiger partial charge in [-0.2, -0.15) is 0 Å². The van der Waals surface area contributed by atoms with Crippen LogP contribution in [-0.2, 0) is 10.2 Å². The minimum Gasteiger partial charge on any atom is -0.504 e. The Hall–Kier alpha value is -1.78. The van der Waals surface area contributed by atoms with E-state index in [4.69, 9.17) is 9.84 Å². The van der Waals surface area contributed by atoms with Crippen molar-refractivity contribution >= 4 is 5.97 Å².